The highest BCUT2D eigenvalue weighted by molar-refractivity contribution is 9.10. The minimum Gasteiger partial charge on any atom is -0.507 e. The van der Waals surface area contributed by atoms with E-state index in [1.165, 1.54) is 25.1 Å². The van der Waals surface area contributed by atoms with Gasteiger partial charge in [-0.05, 0) is 40.5 Å². The van der Waals surface area contributed by atoms with Crippen LogP contribution in [0.25, 0.3) is 0 Å². The number of phenolic OH excluding ortho intramolecular Hbond substituents is 1. The zero-order chi connectivity index (χ0) is 10.1. The zero-order valence-corrected chi connectivity index (χ0v) is 8.81. The van der Waals surface area contributed by atoms with E-state index < -0.39 is 5.67 Å². The lowest BCUT2D eigenvalue weighted by atomic mass is 9.98. The summed E-state index contributed by atoms with van der Waals surface area (Å²) in [6.45, 7) is 1.33. The predicted octanol–water partition coefficient (Wildman–Crippen LogP) is 2.30. The second kappa shape index (κ2) is 3.64. The number of hydrogen-bond donors (Lipinski definition) is 2. The summed E-state index contributed by atoms with van der Waals surface area (Å²) >= 11 is 3.11. The Morgan fingerprint density at radius 2 is 2.23 bits per heavy atom. The Labute approximate surface area is 84.7 Å². The number of phenols is 1. The molecular formula is C9H11BrFNO. The fourth-order valence-electron chi connectivity index (χ4n) is 0.949. The van der Waals surface area contributed by atoms with Crippen LogP contribution >= 0.6 is 15.9 Å². The highest BCUT2D eigenvalue weighted by Gasteiger charge is 2.24. The first-order valence-electron chi connectivity index (χ1n) is 3.85. The van der Waals surface area contributed by atoms with Gasteiger partial charge in [-0.15, -0.1) is 0 Å². The molecule has 0 amide bonds. The van der Waals surface area contributed by atoms with E-state index in [-0.39, 0.29) is 12.3 Å². The molecule has 0 aromatic heterocycles. The summed E-state index contributed by atoms with van der Waals surface area (Å²) in [7, 11) is 0. The molecule has 4 heteroatoms. The number of halogens is 2. The van der Waals surface area contributed by atoms with Crippen LogP contribution in [0.15, 0.2) is 22.7 Å². The normalized spacial score (nSPS) is 15.4. The molecule has 0 saturated heterocycles. The molecule has 13 heavy (non-hydrogen) atoms. The summed E-state index contributed by atoms with van der Waals surface area (Å²) in [5.74, 6) is 0.0940. The average molecular weight is 248 g/mol. The van der Waals surface area contributed by atoms with E-state index in [0.717, 1.165) is 0 Å². The maximum absolute atomic E-state index is 13.6. The van der Waals surface area contributed by atoms with Gasteiger partial charge in [0.05, 0.1) is 4.47 Å². The maximum Gasteiger partial charge on any atom is 0.145 e. The summed E-state index contributed by atoms with van der Waals surface area (Å²) < 4.78 is 14.1. The van der Waals surface area contributed by atoms with Gasteiger partial charge in [0, 0.05) is 6.54 Å². The van der Waals surface area contributed by atoms with Crippen LogP contribution in [-0.2, 0) is 5.67 Å². The molecule has 2 nitrogen and oxygen atoms in total. The van der Waals surface area contributed by atoms with Gasteiger partial charge in [0.25, 0.3) is 0 Å². The molecule has 1 atom stereocenters. The van der Waals surface area contributed by atoms with Crippen molar-refractivity contribution >= 4 is 15.9 Å². The predicted molar refractivity (Wildman–Crippen MR) is 53.3 cm³/mol. The maximum atomic E-state index is 13.6. The van der Waals surface area contributed by atoms with Gasteiger partial charge in [-0.3, -0.25) is 0 Å². The lowest BCUT2D eigenvalue weighted by molar-refractivity contribution is 0.203. The molecule has 0 aliphatic carbocycles. The van der Waals surface area contributed by atoms with E-state index in [0.29, 0.717) is 10.0 Å². The Morgan fingerprint density at radius 1 is 1.62 bits per heavy atom. The smallest absolute Gasteiger partial charge is 0.145 e. The van der Waals surface area contributed by atoms with E-state index >= 15 is 0 Å². The topological polar surface area (TPSA) is 46.2 Å². The lowest BCUT2D eigenvalue weighted by Gasteiger charge is -2.18. The quantitative estimate of drug-likeness (QED) is 0.843. The monoisotopic (exact) mass is 247 g/mol. The summed E-state index contributed by atoms with van der Waals surface area (Å²) in [6, 6.07) is 4.49. The van der Waals surface area contributed by atoms with Crippen molar-refractivity contribution in [1.82, 2.24) is 0 Å². The average Bonchev–Trinajstić information content (AvgIpc) is 2.09. The van der Waals surface area contributed by atoms with Gasteiger partial charge in [-0.2, -0.15) is 0 Å². The first-order chi connectivity index (χ1) is 5.97. The molecule has 0 aliphatic rings. The fourth-order valence-corrected chi connectivity index (χ4v) is 1.33. The van der Waals surface area contributed by atoms with Gasteiger partial charge in [-0.1, -0.05) is 6.07 Å². The number of rotatable bonds is 2. The first kappa shape index (κ1) is 10.5. The van der Waals surface area contributed by atoms with E-state index in [1.54, 1.807) is 0 Å². The molecule has 1 aromatic rings. The van der Waals surface area contributed by atoms with Crippen LogP contribution in [0, 0.1) is 0 Å². The molecule has 1 unspecified atom stereocenters. The van der Waals surface area contributed by atoms with Gasteiger partial charge in [-0.25, -0.2) is 4.39 Å². The highest BCUT2D eigenvalue weighted by atomic mass is 79.9. The number of nitrogens with two attached hydrogens (primary N) is 1. The number of aromatic hydroxyl groups is 1. The third kappa shape index (κ3) is 2.19. The first-order valence-corrected chi connectivity index (χ1v) is 4.64. The molecule has 0 fully saturated rings. The molecule has 0 aliphatic heterocycles. The van der Waals surface area contributed by atoms with Crippen LogP contribution in [0.2, 0.25) is 0 Å². The largest absolute Gasteiger partial charge is 0.507 e. The van der Waals surface area contributed by atoms with E-state index in [9.17, 15) is 9.50 Å². The molecule has 3 N–H and O–H groups in total. The molecular weight excluding hydrogens is 237 g/mol. The van der Waals surface area contributed by atoms with Crippen molar-refractivity contribution in [2.75, 3.05) is 6.54 Å². The van der Waals surface area contributed by atoms with Crippen LogP contribution in [0.3, 0.4) is 0 Å². The number of alkyl halides is 1. The minimum atomic E-state index is -1.55. The summed E-state index contributed by atoms with van der Waals surface area (Å²) in [6.07, 6.45) is 0. The van der Waals surface area contributed by atoms with E-state index in [1.807, 2.05) is 0 Å². The van der Waals surface area contributed by atoms with Crippen molar-refractivity contribution in [2.24, 2.45) is 5.73 Å². The molecule has 0 spiro atoms. The van der Waals surface area contributed by atoms with Crippen LogP contribution in [-0.4, -0.2) is 11.7 Å². The number of benzene rings is 1. The van der Waals surface area contributed by atoms with Crippen molar-refractivity contribution < 1.29 is 9.50 Å². The standard InChI is InChI=1S/C9H11BrFNO/c1-9(11,5-12)6-2-3-8(13)7(10)4-6/h2-4,13H,5,12H2,1H3. The molecule has 1 aromatic carbocycles. The Balaban J connectivity index is 3.10. The molecule has 0 saturated carbocycles. The van der Waals surface area contributed by atoms with Crippen LogP contribution in [0.1, 0.15) is 12.5 Å². The van der Waals surface area contributed by atoms with Gasteiger partial charge < -0.3 is 10.8 Å². The van der Waals surface area contributed by atoms with Crippen molar-refractivity contribution in [3.63, 3.8) is 0 Å². The van der Waals surface area contributed by atoms with Gasteiger partial charge in [0.1, 0.15) is 11.4 Å². The SMILES string of the molecule is CC(F)(CN)c1ccc(O)c(Br)c1. The highest BCUT2D eigenvalue weighted by Crippen LogP contribution is 2.31. The van der Waals surface area contributed by atoms with Crippen molar-refractivity contribution in [2.45, 2.75) is 12.6 Å². The summed E-state index contributed by atoms with van der Waals surface area (Å²) in [5.41, 5.74) is 4.19. The second-order valence-electron chi connectivity index (χ2n) is 3.07. The van der Waals surface area contributed by atoms with Gasteiger partial charge >= 0.3 is 0 Å². The van der Waals surface area contributed by atoms with E-state index in [4.69, 9.17) is 5.73 Å². The van der Waals surface area contributed by atoms with Gasteiger partial charge in [0.2, 0.25) is 0 Å². The minimum absolute atomic E-state index is 0.0792. The number of hydrogen-bond acceptors (Lipinski definition) is 2. The van der Waals surface area contributed by atoms with Gasteiger partial charge in [0.15, 0.2) is 0 Å². The van der Waals surface area contributed by atoms with Crippen molar-refractivity contribution in [3.05, 3.63) is 28.2 Å². The molecule has 0 heterocycles. The Kier molecular flexibility index (Phi) is 2.93. The Bertz CT molecular complexity index is 314. The van der Waals surface area contributed by atoms with E-state index in [2.05, 4.69) is 15.9 Å². The Hall–Kier alpha value is -0.610. The second-order valence-corrected chi connectivity index (χ2v) is 3.92. The molecule has 0 radical (unpaired) electrons. The molecule has 72 valence electrons. The summed E-state index contributed by atoms with van der Waals surface area (Å²) in [5, 5.41) is 9.18. The van der Waals surface area contributed by atoms with Crippen LogP contribution < -0.4 is 5.73 Å². The van der Waals surface area contributed by atoms with Crippen molar-refractivity contribution in [1.29, 1.82) is 0 Å². The Morgan fingerprint density at radius 3 is 2.69 bits per heavy atom. The van der Waals surface area contributed by atoms with Crippen LogP contribution in [0.4, 0.5) is 4.39 Å². The zero-order valence-electron chi connectivity index (χ0n) is 7.22. The van der Waals surface area contributed by atoms with Crippen molar-refractivity contribution in [3.8, 4) is 5.75 Å². The third-order valence-corrected chi connectivity index (χ3v) is 2.57. The molecule has 1 rings (SSSR count). The lowest BCUT2D eigenvalue weighted by Crippen LogP contribution is -2.26. The summed E-state index contributed by atoms with van der Waals surface area (Å²) in [4.78, 5) is 0. The third-order valence-electron chi connectivity index (χ3n) is 1.93. The molecule has 0 bridgehead atoms. The van der Waals surface area contributed by atoms with Crippen LogP contribution in [0.5, 0.6) is 5.75 Å². The fraction of sp³-hybridized carbons (Fsp3) is 0.333.